The van der Waals surface area contributed by atoms with Crippen LogP contribution in [0.2, 0.25) is 0 Å². The fraction of sp³-hybridized carbons (Fsp3) is 0. The molecule has 0 amide bonds. The number of nitriles is 2. The van der Waals surface area contributed by atoms with Gasteiger partial charge in [-0.3, -0.25) is 0 Å². The van der Waals surface area contributed by atoms with E-state index in [2.05, 4.69) is 273 Å². The smallest absolute Gasteiger partial charge is 0.104 e. The minimum Gasteiger partial charge on any atom is -0.306 e. The SMILES string of the molecule is N#Cc1c(-n2c3ccccc3c3ccccc32)c(-n2c3ccccc3c3ccccc32)c(C#N)c(-n2c3cccc(-c4cccc5ccccc45)c3c3c4sc5ccccc5c4ccc32)c1-n1c2ccccc2c2ccccc21. The van der Waals surface area contributed by atoms with Gasteiger partial charge in [-0.15, -0.1) is 11.3 Å². The zero-order valence-electron chi connectivity index (χ0n) is 42.2. The van der Waals surface area contributed by atoms with Crippen molar-refractivity contribution in [3.63, 3.8) is 0 Å². The number of hydrogen-bond acceptors (Lipinski definition) is 3. The van der Waals surface area contributed by atoms with Crippen LogP contribution in [-0.4, -0.2) is 18.3 Å². The monoisotopic (exact) mass is 1020 g/mol. The van der Waals surface area contributed by atoms with Gasteiger partial charge in [-0.1, -0.05) is 188 Å². The molecule has 0 atom stereocenters. The Kier molecular flexibility index (Phi) is 9.04. The molecule has 0 unspecified atom stereocenters. The highest BCUT2D eigenvalue weighted by molar-refractivity contribution is 7.26. The van der Waals surface area contributed by atoms with Crippen molar-refractivity contribution in [1.82, 2.24) is 18.3 Å². The Balaban J connectivity index is 1.18. The Morgan fingerprint density at radius 3 is 1.08 bits per heavy atom. The quantitative estimate of drug-likeness (QED) is 0.172. The maximum absolute atomic E-state index is 12.9. The molecule has 79 heavy (non-hydrogen) atoms. The van der Waals surface area contributed by atoms with Gasteiger partial charge in [0.25, 0.3) is 0 Å². The first-order valence-electron chi connectivity index (χ1n) is 26.6. The van der Waals surface area contributed by atoms with Gasteiger partial charge in [0.1, 0.15) is 23.3 Å². The van der Waals surface area contributed by atoms with Gasteiger partial charge in [-0.25, -0.2) is 0 Å². The summed E-state index contributed by atoms with van der Waals surface area (Å²) >= 11 is 1.81. The first kappa shape index (κ1) is 43.5. The summed E-state index contributed by atoms with van der Waals surface area (Å²) in [7, 11) is 0. The standard InChI is InChI=1S/C72H40N6S/c73-41-55-68(75-57-31-10-3-22-46(57)47-23-4-11-32-58(47)75)69(76-59-33-12-5-24-48(59)49-25-6-13-34-60(49)76)56(42-74)71(70(55)77-61-35-14-7-26-50(61)51-27-8-15-36-62(51)77)78-63-37-18-30-53(45-29-17-20-43-19-1-2-21-44(43)45)66(63)67-64(78)40-39-54-52-28-9-16-38-65(52)79-72(54)67/h1-40H. The maximum atomic E-state index is 12.9. The highest BCUT2D eigenvalue weighted by Gasteiger charge is 2.35. The fourth-order valence-electron chi connectivity index (χ4n) is 13.5. The van der Waals surface area contributed by atoms with Crippen LogP contribution < -0.4 is 0 Å². The van der Waals surface area contributed by atoms with Crippen LogP contribution >= 0.6 is 11.3 Å². The number of fused-ring (bicyclic) bond motifs is 17. The van der Waals surface area contributed by atoms with Crippen molar-refractivity contribution in [3.8, 4) is 46.0 Å². The topological polar surface area (TPSA) is 67.3 Å². The molecule has 364 valence electrons. The van der Waals surface area contributed by atoms with E-state index in [9.17, 15) is 10.5 Å². The molecule has 17 aromatic rings. The molecule has 5 aromatic heterocycles. The predicted molar refractivity (Wildman–Crippen MR) is 329 cm³/mol. The van der Waals surface area contributed by atoms with E-state index in [0.717, 1.165) is 114 Å². The summed E-state index contributed by atoms with van der Waals surface area (Å²) < 4.78 is 11.5. The minimum atomic E-state index is 0.421. The van der Waals surface area contributed by atoms with Crippen molar-refractivity contribution in [3.05, 3.63) is 254 Å². The third kappa shape index (κ3) is 5.81. The lowest BCUT2D eigenvalue weighted by atomic mass is 9.94. The zero-order chi connectivity index (χ0) is 52.0. The predicted octanol–water partition coefficient (Wildman–Crippen LogP) is 19.0. The Bertz CT molecular complexity index is 5440. The van der Waals surface area contributed by atoms with E-state index in [1.165, 1.54) is 15.5 Å². The zero-order valence-corrected chi connectivity index (χ0v) is 43.0. The van der Waals surface area contributed by atoms with Crippen molar-refractivity contribution in [2.45, 2.75) is 0 Å². The van der Waals surface area contributed by atoms with Gasteiger partial charge >= 0.3 is 0 Å². The lowest BCUT2D eigenvalue weighted by Gasteiger charge is -2.27. The molecule has 0 aliphatic carbocycles. The van der Waals surface area contributed by atoms with Crippen LogP contribution in [0.3, 0.4) is 0 Å². The van der Waals surface area contributed by atoms with Crippen LogP contribution in [0.5, 0.6) is 0 Å². The highest BCUT2D eigenvalue weighted by Crippen LogP contribution is 2.52. The second-order valence-corrected chi connectivity index (χ2v) is 21.5. The molecule has 0 bridgehead atoms. The molecule has 0 aliphatic heterocycles. The molecule has 17 rings (SSSR count). The molecule has 0 spiro atoms. The Morgan fingerprint density at radius 2 is 0.608 bits per heavy atom. The molecule has 0 saturated carbocycles. The van der Waals surface area contributed by atoms with Crippen molar-refractivity contribution < 1.29 is 0 Å². The molecule has 0 saturated heterocycles. The van der Waals surface area contributed by atoms with Gasteiger partial charge in [-0.05, 0) is 76.5 Å². The molecular weight excluding hydrogens is 981 g/mol. The number of aromatic nitrogens is 4. The van der Waals surface area contributed by atoms with Gasteiger partial charge < -0.3 is 18.3 Å². The summed E-state index contributed by atoms with van der Waals surface area (Å²) in [5, 5.41) is 38.8. The number of rotatable bonds is 5. The number of nitrogens with zero attached hydrogens (tertiary/aromatic N) is 6. The fourth-order valence-corrected chi connectivity index (χ4v) is 14.8. The molecule has 6 nitrogen and oxygen atoms in total. The molecule has 7 heteroatoms. The van der Waals surface area contributed by atoms with Gasteiger partial charge in [0.2, 0.25) is 0 Å². The second kappa shape index (κ2) is 16.4. The van der Waals surface area contributed by atoms with Gasteiger partial charge in [-0.2, -0.15) is 10.5 Å². The lowest BCUT2D eigenvalue weighted by Crippen LogP contribution is -2.16. The van der Waals surface area contributed by atoms with E-state index in [1.807, 2.05) is 11.3 Å². The third-order valence-corrected chi connectivity index (χ3v) is 17.8. The van der Waals surface area contributed by atoms with Crippen molar-refractivity contribution in [1.29, 1.82) is 10.5 Å². The van der Waals surface area contributed by atoms with Crippen LogP contribution in [0.15, 0.2) is 243 Å². The van der Waals surface area contributed by atoms with Crippen molar-refractivity contribution >= 4 is 130 Å². The number of para-hydroxylation sites is 6. The van der Waals surface area contributed by atoms with E-state index >= 15 is 0 Å². The lowest BCUT2D eigenvalue weighted by molar-refractivity contribution is 1.02. The molecule has 5 heterocycles. The van der Waals surface area contributed by atoms with Crippen molar-refractivity contribution in [2.24, 2.45) is 0 Å². The molecule has 12 aromatic carbocycles. The van der Waals surface area contributed by atoms with Crippen LogP contribution in [0, 0.1) is 22.7 Å². The molecule has 0 fully saturated rings. The number of benzene rings is 12. The van der Waals surface area contributed by atoms with E-state index in [0.29, 0.717) is 33.9 Å². The summed E-state index contributed by atoms with van der Waals surface area (Å²) in [6.45, 7) is 0. The number of thiophene rings is 1. The normalized spacial score (nSPS) is 12.0. The summed E-state index contributed by atoms with van der Waals surface area (Å²) in [5.74, 6) is 0. The van der Waals surface area contributed by atoms with Gasteiger partial charge in [0, 0.05) is 63.3 Å². The Morgan fingerprint density at radius 1 is 0.266 bits per heavy atom. The average molecular weight is 1020 g/mol. The van der Waals surface area contributed by atoms with E-state index in [4.69, 9.17) is 0 Å². The Labute approximate surface area is 455 Å². The Hall–Kier alpha value is -10.7. The van der Waals surface area contributed by atoms with Gasteiger partial charge in [0.05, 0.1) is 66.9 Å². The second-order valence-electron chi connectivity index (χ2n) is 20.5. The van der Waals surface area contributed by atoms with Gasteiger partial charge in [0.15, 0.2) is 0 Å². The van der Waals surface area contributed by atoms with E-state index < -0.39 is 0 Å². The largest absolute Gasteiger partial charge is 0.306 e. The maximum Gasteiger partial charge on any atom is 0.104 e. The van der Waals surface area contributed by atoms with E-state index in [1.54, 1.807) is 0 Å². The van der Waals surface area contributed by atoms with Crippen LogP contribution in [0.25, 0.3) is 152 Å². The molecule has 0 aliphatic rings. The average Bonchev–Trinajstić information content (AvgIpc) is 4.48. The number of hydrogen-bond donors (Lipinski definition) is 0. The molecular formula is C72H40N6S. The van der Waals surface area contributed by atoms with E-state index in [-0.39, 0.29) is 0 Å². The summed E-state index contributed by atoms with van der Waals surface area (Å²) in [6.07, 6.45) is 0. The van der Waals surface area contributed by atoms with Crippen molar-refractivity contribution in [2.75, 3.05) is 0 Å². The minimum absolute atomic E-state index is 0.421. The first-order chi connectivity index (χ1) is 39.2. The molecule has 0 radical (unpaired) electrons. The highest BCUT2D eigenvalue weighted by atomic mass is 32.1. The summed E-state index contributed by atoms with van der Waals surface area (Å²) in [4.78, 5) is 0. The first-order valence-corrected chi connectivity index (χ1v) is 27.4. The van der Waals surface area contributed by atoms with Crippen LogP contribution in [0.4, 0.5) is 0 Å². The van der Waals surface area contributed by atoms with Crippen LogP contribution in [-0.2, 0) is 0 Å². The summed E-state index contributed by atoms with van der Waals surface area (Å²) in [6, 6.07) is 91.8. The molecule has 0 N–H and O–H groups in total. The third-order valence-electron chi connectivity index (χ3n) is 16.6. The van der Waals surface area contributed by atoms with Crippen LogP contribution in [0.1, 0.15) is 11.1 Å². The summed E-state index contributed by atoms with van der Waals surface area (Å²) in [5.41, 5.74) is 12.9.